The van der Waals surface area contributed by atoms with Crippen molar-refractivity contribution >= 4 is 40.7 Å². The van der Waals surface area contributed by atoms with E-state index in [1.165, 1.54) is 6.07 Å². The molecule has 1 saturated heterocycles. The number of alkyl halides is 3. The third-order valence-electron chi connectivity index (χ3n) is 4.91. The molecule has 0 unspecified atom stereocenters. The second kappa shape index (κ2) is 9.13. The van der Waals surface area contributed by atoms with Crippen LogP contribution in [0.4, 0.5) is 13.2 Å². The summed E-state index contributed by atoms with van der Waals surface area (Å²) in [5.41, 5.74) is -0.674. The molecule has 1 aromatic rings. The van der Waals surface area contributed by atoms with Crippen molar-refractivity contribution in [2.45, 2.75) is 31.5 Å². The van der Waals surface area contributed by atoms with Gasteiger partial charge in [0.1, 0.15) is 5.75 Å². The second-order valence-electron chi connectivity index (χ2n) is 6.28. The largest absolute Gasteiger partial charge is 0.506 e. The molecule has 2 N–H and O–H groups in total. The highest BCUT2D eigenvalue weighted by molar-refractivity contribution is 9.10. The van der Waals surface area contributed by atoms with E-state index in [1.807, 2.05) is 0 Å². The molecule has 1 aliphatic heterocycles. The molecule has 1 saturated carbocycles. The first-order chi connectivity index (χ1) is 10.9. The normalized spacial score (nSPS) is 20.2. The van der Waals surface area contributed by atoms with Gasteiger partial charge in [-0.25, -0.2) is 0 Å². The fourth-order valence-corrected chi connectivity index (χ4v) is 3.91. The fraction of sp³-hybridized carbons (Fsp3) is 0.625. The Labute approximate surface area is 166 Å². The Hall–Kier alpha value is -0.210. The summed E-state index contributed by atoms with van der Waals surface area (Å²) >= 11 is 3.18. The Morgan fingerprint density at radius 2 is 1.76 bits per heavy atom. The number of nitrogens with one attached hydrogen (secondary N) is 1. The van der Waals surface area contributed by atoms with Crippen LogP contribution < -0.4 is 5.32 Å². The van der Waals surface area contributed by atoms with Gasteiger partial charge in [-0.15, -0.1) is 24.8 Å². The molecular formula is C16H22BrCl2F3N2O. The number of halogens is 6. The van der Waals surface area contributed by atoms with Gasteiger partial charge in [0.05, 0.1) is 10.0 Å². The molecule has 0 aromatic heterocycles. The molecule has 1 heterocycles. The summed E-state index contributed by atoms with van der Waals surface area (Å²) in [5.74, 6) is -0.0929. The summed E-state index contributed by atoms with van der Waals surface area (Å²) < 4.78 is 40.9. The topological polar surface area (TPSA) is 35.5 Å². The molecule has 3 rings (SSSR count). The molecule has 25 heavy (non-hydrogen) atoms. The predicted molar refractivity (Wildman–Crippen MR) is 99.8 cm³/mol. The van der Waals surface area contributed by atoms with Crippen LogP contribution in [0.5, 0.6) is 5.75 Å². The number of benzene rings is 1. The van der Waals surface area contributed by atoms with E-state index in [-0.39, 0.29) is 48.1 Å². The van der Waals surface area contributed by atoms with E-state index in [0.29, 0.717) is 17.6 Å². The van der Waals surface area contributed by atoms with Crippen molar-refractivity contribution in [1.29, 1.82) is 0 Å². The number of hydrogen-bond acceptors (Lipinski definition) is 3. The van der Waals surface area contributed by atoms with Crippen molar-refractivity contribution in [2.75, 3.05) is 26.2 Å². The number of piperazine rings is 1. The Balaban J connectivity index is 0.00000156. The van der Waals surface area contributed by atoms with E-state index >= 15 is 0 Å². The van der Waals surface area contributed by atoms with Crippen LogP contribution in [0.1, 0.15) is 36.4 Å². The number of phenols is 1. The molecule has 2 aliphatic rings. The van der Waals surface area contributed by atoms with E-state index in [9.17, 15) is 18.3 Å². The van der Waals surface area contributed by atoms with Crippen LogP contribution in [-0.4, -0.2) is 36.2 Å². The van der Waals surface area contributed by atoms with Gasteiger partial charge in [0.25, 0.3) is 0 Å². The number of phenolic OH excluding ortho intramolecular Hbond substituents is 1. The smallest absolute Gasteiger partial charge is 0.416 e. The van der Waals surface area contributed by atoms with Gasteiger partial charge in [0.2, 0.25) is 0 Å². The van der Waals surface area contributed by atoms with E-state index in [0.717, 1.165) is 38.4 Å². The maximum Gasteiger partial charge on any atom is 0.416 e. The van der Waals surface area contributed by atoms with Crippen LogP contribution in [0.2, 0.25) is 0 Å². The monoisotopic (exact) mass is 464 g/mol. The molecule has 1 aromatic carbocycles. The fourth-order valence-electron chi connectivity index (χ4n) is 3.56. The van der Waals surface area contributed by atoms with Crippen LogP contribution >= 0.6 is 40.7 Å². The van der Waals surface area contributed by atoms with Crippen molar-refractivity contribution in [3.8, 4) is 5.75 Å². The minimum absolute atomic E-state index is 0. The molecule has 3 nitrogen and oxygen atoms in total. The van der Waals surface area contributed by atoms with E-state index in [1.54, 1.807) is 0 Å². The molecule has 0 radical (unpaired) electrons. The van der Waals surface area contributed by atoms with Crippen LogP contribution in [0.15, 0.2) is 16.6 Å². The first-order valence-electron chi connectivity index (χ1n) is 7.93. The van der Waals surface area contributed by atoms with Crippen molar-refractivity contribution in [1.82, 2.24) is 10.2 Å². The molecule has 0 spiro atoms. The SMILES string of the molecule is Cl.Cl.Oc1c(Br)ccc(C(F)(F)F)c1[C@H](C1CCC1)N1CCNCC1. The van der Waals surface area contributed by atoms with Crippen LogP contribution in [0.3, 0.4) is 0 Å². The lowest BCUT2D eigenvalue weighted by Gasteiger charge is -2.44. The van der Waals surface area contributed by atoms with E-state index < -0.39 is 11.7 Å². The Bertz CT molecular complexity index is 579. The van der Waals surface area contributed by atoms with Gasteiger partial charge < -0.3 is 10.4 Å². The lowest BCUT2D eigenvalue weighted by Crippen LogP contribution is -2.48. The lowest BCUT2D eigenvalue weighted by atomic mass is 9.75. The molecule has 144 valence electrons. The molecule has 1 atom stereocenters. The summed E-state index contributed by atoms with van der Waals surface area (Å²) in [4.78, 5) is 2.09. The lowest BCUT2D eigenvalue weighted by molar-refractivity contribution is -0.139. The standard InChI is InChI=1S/C16H20BrF3N2O.2ClH/c17-12-5-4-11(16(18,19)20)13(15(12)23)14(10-2-1-3-10)22-8-6-21-7-9-22;;/h4-5,10,14,21,23H,1-3,6-9H2;2*1H/t14-;;/m0../s1. The maximum atomic E-state index is 13.5. The van der Waals surface area contributed by atoms with Gasteiger partial charge in [0, 0.05) is 37.8 Å². The molecule has 1 aliphatic carbocycles. The first-order valence-corrected chi connectivity index (χ1v) is 8.72. The summed E-state index contributed by atoms with van der Waals surface area (Å²) in [7, 11) is 0. The third-order valence-corrected chi connectivity index (χ3v) is 5.55. The first kappa shape index (κ1) is 22.8. The van der Waals surface area contributed by atoms with Gasteiger partial charge in [0.15, 0.2) is 0 Å². The van der Waals surface area contributed by atoms with Crippen LogP contribution in [-0.2, 0) is 6.18 Å². The Morgan fingerprint density at radius 3 is 2.24 bits per heavy atom. The summed E-state index contributed by atoms with van der Waals surface area (Å²) in [6, 6.07) is 1.98. The van der Waals surface area contributed by atoms with Crippen molar-refractivity contribution in [2.24, 2.45) is 5.92 Å². The minimum Gasteiger partial charge on any atom is -0.506 e. The minimum atomic E-state index is -4.47. The predicted octanol–water partition coefficient (Wildman–Crippen LogP) is 4.76. The molecule has 2 fully saturated rings. The quantitative estimate of drug-likeness (QED) is 0.675. The van der Waals surface area contributed by atoms with Gasteiger partial charge in [-0.2, -0.15) is 13.2 Å². The number of rotatable bonds is 3. The van der Waals surface area contributed by atoms with Gasteiger partial charge in [-0.1, -0.05) is 6.42 Å². The zero-order valence-corrected chi connectivity index (χ0v) is 16.7. The highest BCUT2D eigenvalue weighted by atomic mass is 79.9. The maximum absolute atomic E-state index is 13.5. The zero-order valence-electron chi connectivity index (χ0n) is 13.5. The third kappa shape index (κ3) is 4.75. The number of hydrogen-bond donors (Lipinski definition) is 2. The molecule has 0 bridgehead atoms. The molecule has 0 amide bonds. The summed E-state index contributed by atoms with van der Waals surface area (Å²) in [6.07, 6.45) is -1.59. The average molecular weight is 466 g/mol. The Morgan fingerprint density at radius 1 is 1.16 bits per heavy atom. The van der Waals surface area contributed by atoms with Crippen molar-refractivity contribution in [3.63, 3.8) is 0 Å². The van der Waals surface area contributed by atoms with Gasteiger partial charge in [-0.3, -0.25) is 4.90 Å². The van der Waals surface area contributed by atoms with E-state index in [2.05, 4.69) is 26.1 Å². The van der Waals surface area contributed by atoms with Crippen LogP contribution in [0.25, 0.3) is 0 Å². The summed E-state index contributed by atoms with van der Waals surface area (Å²) in [5, 5.41) is 13.7. The van der Waals surface area contributed by atoms with Crippen LogP contribution in [0, 0.1) is 5.92 Å². The highest BCUT2D eigenvalue weighted by Crippen LogP contribution is 2.50. The van der Waals surface area contributed by atoms with Gasteiger partial charge in [-0.05, 0) is 46.8 Å². The van der Waals surface area contributed by atoms with Crippen molar-refractivity contribution < 1.29 is 18.3 Å². The Kier molecular flexibility index (Phi) is 8.34. The van der Waals surface area contributed by atoms with Crippen molar-refractivity contribution in [3.05, 3.63) is 27.7 Å². The second-order valence-corrected chi connectivity index (χ2v) is 7.13. The average Bonchev–Trinajstić information content (AvgIpc) is 2.45. The highest BCUT2D eigenvalue weighted by Gasteiger charge is 2.42. The summed E-state index contributed by atoms with van der Waals surface area (Å²) in [6.45, 7) is 2.92. The molecule has 9 heteroatoms. The van der Waals surface area contributed by atoms with E-state index in [4.69, 9.17) is 0 Å². The number of aromatic hydroxyl groups is 1. The van der Waals surface area contributed by atoms with Gasteiger partial charge >= 0.3 is 6.18 Å². The zero-order chi connectivity index (χ0) is 16.6. The molecular weight excluding hydrogens is 444 g/mol. The number of nitrogens with zero attached hydrogens (tertiary/aromatic N) is 1.